The van der Waals surface area contributed by atoms with Crippen LogP contribution in [-0.4, -0.2) is 42.4 Å². The molecule has 0 aromatic heterocycles. The summed E-state index contributed by atoms with van der Waals surface area (Å²) in [5.74, 6) is 0.167. The molecule has 0 aromatic rings. The second-order valence-corrected chi connectivity index (χ2v) is 5.67. The van der Waals surface area contributed by atoms with Crippen molar-refractivity contribution in [3.05, 3.63) is 0 Å². The van der Waals surface area contributed by atoms with Crippen LogP contribution in [-0.2, 0) is 9.59 Å². The van der Waals surface area contributed by atoms with Crippen molar-refractivity contribution in [2.45, 2.75) is 46.1 Å². The van der Waals surface area contributed by atoms with E-state index in [1.165, 1.54) is 0 Å². The van der Waals surface area contributed by atoms with Crippen molar-refractivity contribution in [1.29, 1.82) is 0 Å². The van der Waals surface area contributed by atoms with Crippen LogP contribution in [0.25, 0.3) is 0 Å². The van der Waals surface area contributed by atoms with Gasteiger partial charge in [0, 0.05) is 25.6 Å². The van der Waals surface area contributed by atoms with Crippen molar-refractivity contribution in [2.24, 2.45) is 17.6 Å². The SMILES string of the molecule is CCCC(C)N1CC(C(=O)NCC(C)CN)CC1=O.Cl. The van der Waals surface area contributed by atoms with Gasteiger partial charge in [-0.05, 0) is 25.8 Å². The van der Waals surface area contributed by atoms with Crippen molar-refractivity contribution >= 4 is 24.2 Å². The summed E-state index contributed by atoms with van der Waals surface area (Å²) in [6.45, 7) is 7.86. The van der Waals surface area contributed by atoms with Crippen molar-refractivity contribution in [3.8, 4) is 0 Å². The molecule has 0 spiro atoms. The molecule has 2 amide bonds. The van der Waals surface area contributed by atoms with Crippen LogP contribution in [0.15, 0.2) is 0 Å². The van der Waals surface area contributed by atoms with E-state index < -0.39 is 0 Å². The van der Waals surface area contributed by atoms with Crippen LogP contribution in [0.4, 0.5) is 0 Å². The van der Waals surface area contributed by atoms with Gasteiger partial charge >= 0.3 is 0 Å². The summed E-state index contributed by atoms with van der Waals surface area (Å²) in [5.41, 5.74) is 5.52. The minimum atomic E-state index is -0.197. The summed E-state index contributed by atoms with van der Waals surface area (Å²) in [4.78, 5) is 25.8. The van der Waals surface area contributed by atoms with Gasteiger partial charge in [0.15, 0.2) is 0 Å². The van der Waals surface area contributed by atoms with Crippen LogP contribution in [0.2, 0.25) is 0 Å². The second kappa shape index (κ2) is 9.19. The Morgan fingerprint density at radius 2 is 2.15 bits per heavy atom. The Labute approximate surface area is 128 Å². The van der Waals surface area contributed by atoms with Gasteiger partial charge < -0.3 is 16.0 Å². The van der Waals surface area contributed by atoms with E-state index in [-0.39, 0.29) is 42.1 Å². The van der Waals surface area contributed by atoms with E-state index in [0.717, 1.165) is 12.8 Å². The highest BCUT2D eigenvalue weighted by Crippen LogP contribution is 2.22. The Balaban J connectivity index is 0.00000361. The Hall–Kier alpha value is -0.810. The maximum atomic E-state index is 12.0. The molecule has 20 heavy (non-hydrogen) atoms. The number of hydrogen-bond donors (Lipinski definition) is 2. The molecule has 6 heteroatoms. The highest BCUT2D eigenvalue weighted by atomic mass is 35.5. The van der Waals surface area contributed by atoms with Gasteiger partial charge in [0.05, 0.1) is 5.92 Å². The molecule has 5 nitrogen and oxygen atoms in total. The molecule has 0 saturated carbocycles. The maximum Gasteiger partial charge on any atom is 0.225 e. The lowest BCUT2D eigenvalue weighted by Crippen LogP contribution is -2.38. The van der Waals surface area contributed by atoms with E-state index in [1.807, 2.05) is 11.8 Å². The molecule has 3 atom stereocenters. The fourth-order valence-corrected chi connectivity index (χ4v) is 2.41. The van der Waals surface area contributed by atoms with Gasteiger partial charge in [-0.25, -0.2) is 0 Å². The lowest BCUT2D eigenvalue weighted by Gasteiger charge is -2.24. The fraction of sp³-hybridized carbons (Fsp3) is 0.857. The molecule has 3 unspecified atom stereocenters. The first-order chi connectivity index (χ1) is 8.99. The number of nitrogens with one attached hydrogen (secondary N) is 1. The van der Waals surface area contributed by atoms with Crippen LogP contribution in [0.1, 0.15) is 40.0 Å². The Kier molecular flexibility index (Phi) is 8.81. The summed E-state index contributed by atoms with van der Waals surface area (Å²) in [6, 6.07) is 0.235. The third kappa shape index (κ3) is 5.29. The molecule has 0 aliphatic carbocycles. The first-order valence-corrected chi connectivity index (χ1v) is 7.26. The number of carbonyl (C=O) groups excluding carboxylic acids is 2. The van der Waals surface area contributed by atoms with Gasteiger partial charge in [-0.3, -0.25) is 9.59 Å². The summed E-state index contributed by atoms with van der Waals surface area (Å²) in [5, 5.41) is 2.89. The molecule has 118 valence electrons. The van der Waals surface area contributed by atoms with E-state index in [4.69, 9.17) is 5.73 Å². The zero-order chi connectivity index (χ0) is 14.4. The van der Waals surface area contributed by atoms with Crippen molar-refractivity contribution in [1.82, 2.24) is 10.2 Å². The minimum absolute atomic E-state index is 0. The average Bonchev–Trinajstić information content (AvgIpc) is 2.78. The zero-order valence-electron chi connectivity index (χ0n) is 12.7. The van der Waals surface area contributed by atoms with Gasteiger partial charge in [-0.1, -0.05) is 20.3 Å². The zero-order valence-corrected chi connectivity index (χ0v) is 13.5. The number of carbonyl (C=O) groups is 2. The molecular weight excluding hydrogens is 278 g/mol. The molecule has 0 radical (unpaired) electrons. The number of hydrogen-bond acceptors (Lipinski definition) is 3. The van der Waals surface area contributed by atoms with Crippen LogP contribution in [0.3, 0.4) is 0 Å². The maximum absolute atomic E-state index is 12.0. The average molecular weight is 306 g/mol. The van der Waals surface area contributed by atoms with E-state index in [1.54, 1.807) is 0 Å². The monoisotopic (exact) mass is 305 g/mol. The predicted molar refractivity (Wildman–Crippen MR) is 82.7 cm³/mol. The smallest absolute Gasteiger partial charge is 0.225 e. The van der Waals surface area contributed by atoms with Gasteiger partial charge in [-0.15, -0.1) is 12.4 Å². The summed E-state index contributed by atoms with van der Waals surface area (Å²) in [6.07, 6.45) is 2.39. The van der Waals surface area contributed by atoms with E-state index in [9.17, 15) is 9.59 Å². The lowest BCUT2D eigenvalue weighted by atomic mass is 10.1. The fourth-order valence-electron chi connectivity index (χ4n) is 2.41. The quantitative estimate of drug-likeness (QED) is 0.741. The number of nitrogens with zero attached hydrogens (tertiary/aromatic N) is 1. The van der Waals surface area contributed by atoms with Crippen molar-refractivity contribution in [3.63, 3.8) is 0 Å². The summed E-state index contributed by atoms with van der Waals surface area (Å²) < 4.78 is 0. The van der Waals surface area contributed by atoms with Crippen molar-refractivity contribution in [2.75, 3.05) is 19.6 Å². The molecule has 1 saturated heterocycles. The Morgan fingerprint density at radius 1 is 1.50 bits per heavy atom. The van der Waals surface area contributed by atoms with E-state index in [2.05, 4.69) is 19.2 Å². The first-order valence-electron chi connectivity index (χ1n) is 7.26. The molecule has 0 bridgehead atoms. The molecule has 1 fully saturated rings. The second-order valence-electron chi connectivity index (χ2n) is 5.67. The molecule has 1 heterocycles. The highest BCUT2D eigenvalue weighted by Gasteiger charge is 2.36. The van der Waals surface area contributed by atoms with Gasteiger partial charge in [-0.2, -0.15) is 0 Å². The van der Waals surface area contributed by atoms with Crippen molar-refractivity contribution < 1.29 is 9.59 Å². The number of amides is 2. The van der Waals surface area contributed by atoms with Gasteiger partial charge in [0.2, 0.25) is 11.8 Å². The number of nitrogens with two attached hydrogens (primary N) is 1. The number of rotatable bonds is 7. The van der Waals surface area contributed by atoms with Crippen LogP contribution in [0.5, 0.6) is 0 Å². The molecule has 3 N–H and O–H groups in total. The Morgan fingerprint density at radius 3 is 2.70 bits per heavy atom. The first kappa shape index (κ1) is 19.2. The molecule has 0 aromatic carbocycles. The standard InChI is InChI=1S/C14H27N3O2.ClH/c1-4-5-11(3)17-9-12(6-13(17)18)14(19)16-8-10(2)7-15;/h10-12H,4-9,15H2,1-3H3,(H,16,19);1H. The van der Waals surface area contributed by atoms with E-state index in [0.29, 0.717) is 26.1 Å². The van der Waals surface area contributed by atoms with Gasteiger partial charge in [0.25, 0.3) is 0 Å². The number of likely N-dealkylation sites (tertiary alicyclic amines) is 1. The third-order valence-corrected chi connectivity index (χ3v) is 3.79. The van der Waals surface area contributed by atoms with Crippen LogP contribution >= 0.6 is 12.4 Å². The Bertz CT molecular complexity index is 326. The topological polar surface area (TPSA) is 75.4 Å². The molecule has 1 rings (SSSR count). The number of halogens is 1. The van der Waals surface area contributed by atoms with Crippen LogP contribution < -0.4 is 11.1 Å². The minimum Gasteiger partial charge on any atom is -0.355 e. The van der Waals surface area contributed by atoms with Gasteiger partial charge in [0.1, 0.15) is 0 Å². The normalized spacial score (nSPS) is 21.3. The summed E-state index contributed by atoms with van der Waals surface area (Å²) >= 11 is 0. The highest BCUT2D eigenvalue weighted by molar-refractivity contribution is 5.89. The molecular formula is C14H28ClN3O2. The van der Waals surface area contributed by atoms with E-state index >= 15 is 0 Å². The lowest BCUT2D eigenvalue weighted by molar-refractivity contribution is -0.130. The third-order valence-electron chi connectivity index (χ3n) is 3.79. The molecule has 1 aliphatic rings. The molecule has 1 aliphatic heterocycles. The predicted octanol–water partition coefficient (Wildman–Crippen LogP) is 1.16. The summed E-state index contributed by atoms with van der Waals surface area (Å²) in [7, 11) is 0. The largest absolute Gasteiger partial charge is 0.355 e. The van der Waals surface area contributed by atoms with Crippen LogP contribution in [0, 0.1) is 11.8 Å².